The summed E-state index contributed by atoms with van der Waals surface area (Å²) >= 11 is 2.91. The zero-order valence-corrected chi connectivity index (χ0v) is 10.5. The van der Waals surface area contributed by atoms with Crippen LogP contribution in [0.2, 0.25) is 0 Å². The summed E-state index contributed by atoms with van der Waals surface area (Å²) in [6.45, 7) is 0. The number of anilines is 1. The topological polar surface area (TPSA) is 124 Å². The van der Waals surface area contributed by atoms with Crippen LogP contribution in [0.3, 0.4) is 0 Å². The Labute approximate surface area is 106 Å². The Bertz CT molecular complexity index is 395. The summed E-state index contributed by atoms with van der Waals surface area (Å²) in [5.74, 6) is 0.752. The van der Waals surface area contributed by atoms with Crippen LogP contribution in [0.15, 0.2) is 5.38 Å². The van der Waals surface area contributed by atoms with Crippen LogP contribution in [0.4, 0.5) is 5.13 Å². The van der Waals surface area contributed by atoms with Crippen LogP contribution < -0.4 is 16.5 Å². The lowest BCUT2D eigenvalue weighted by Gasteiger charge is -1.98. The van der Waals surface area contributed by atoms with E-state index in [9.17, 15) is 4.79 Å². The molecule has 0 saturated carbocycles. The van der Waals surface area contributed by atoms with Gasteiger partial charge in [-0.25, -0.2) is 10.5 Å². The van der Waals surface area contributed by atoms with Crippen LogP contribution in [0.25, 0.3) is 0 Å². The summed E-state index contributed by atoms with van der Waals surface area (Å²) in [4.78, 5) is 14.9. The fourth-order valence-electron chi connectivity index (χ4n) is 0.943. The van der Waals surface area contributed by atoms with Crippen LogP contribution >= 0.6 is 23.1 Å². The number of thioether (sulfide) groups is 1. The molecular formula is C8H13N5O2S2. The number of carbonyl (C=O) groups excluding carboxylic acids is 1. The fourth-order valence-corrected chi connectivity index (χ4v) is 2.60. The van der Waals surface area contributed by atoms with Crippen LogP contribution in [0, 0.1) is 5.41 Å². The fraction of sp³-hybridized carbons (Fsp3) is 0.375. The molecule has 0 fully saturated rings. The van der Waals surface area contributed by atoms with Gasteiger partial charge < -0.3 is 11.1 Å². The van der Waals surface area contributed by atoms with Gasteiger partial charge in [-0.3, -0.25) is 15.4 Å². The third-order valence-corrected chi connectivity index (χ3v) is 3.44. The second kappa shape index (κ2) is 7.09. The SMILES string of the molecule is N=C(N)Nc1nc(CSCCC(=O)NO)cs1. The van der Waals surface area contributed by atoms with Crippen LogP contribution in [0.5, 0.6) is 0 Å². The van der Waals surface area contributed by atoms with E-state index < -0.39 is 5.91 Å². The number of nitrogens with two attached hydrogens (primary N) is 1. The lowest BCUT2D eigenvalue weighted by Crippen LogP contribution is -2.20. The molecule has 1 heterocycles. The third kappa shape index (κ3) is 5.52. The number of guanidine groups is 1. The monoisotopic (exact) mass is 275 g/mol. The zero-order valence-electron chi connectivity index (χ0n) is 8.90. The molecule has 1 rings (SSSR count). The highest BCUT2D eigenvalue weighted by Crippen LogP contribution is 2.19. The minimum Gasteiger partial charge on any atom is -0.370 e. The van der Waals surface area contributed by atoms with Crippen molar-refractivity contribution in [3.8, 4) is 0 Å². The predicted octanol–water partition coefficient (Wildman–Crippen LogP) is 0.577. The molecule has 17 heavy (non-hydrogen) atoms. The first kappa shape index (κ1) is 13.7. The minimum absolute atomic E-state index is 0.141. The summed E-state index contributed by atoms with van der Waals surface area (Å²) in [7, 11) is 0. The van der Waals surface area contributed by atoms with Crippen molar-refractivity contribution < 1.29 is 10.0 Å². The van der Waals surface area contributed by atoms with Crippen molar-refractivity contribution in [3.05, 3.63) is 11.1 Å². The molecular weight excluding hydrogens is 262 g/mol. The minimum atomic E-state index is -0.394. The average molecular weight is 275 g/mol. The molecule has 1 aromatic rings. The molecule has 0 radical (unpaired) electrons. The number of hydrogen-bond donors (Lipinski definition) is 5. The van der Waals surface area contributed by atoms with Crippen molar-refractivity contribution in [2.24, 2.45) is 5.73 Å². The van der Waals surface area contributed by atoms with E-state index in [2.05, 4.69) is 10.3 Å². The summed E-state index contributed by atoms with van der Waals surface area (Å²) < 4.78 is 0. The molecule has 0 aromatic carbocycles. The van der Waals surface area contributed by atoms with Gasteiger partial charge in [-0.05, 0) is 0 Å². The largest absolute Gasteiger partial charge is 0.370 e. The Morgan fingerprint density at radius 1 is 1.71 bits per heavy atom. The Morgan fingerprint density at radius 3 is 3.12 bits per heavy atom. The number of hydrogen-bond acceptors (Lipinski definition) is 6. The molecule has 0 atom stereocenters. The van der Waals surface area contributed by atoms with Crippen molar-refractivity contribution in [2.75, 3.05) is 11.1 Å². The van der Waals surface area contributed by atoms with E-state index in [1.807, 2.05) is 5.38 Å². The van der Waals surface area contributed by atoms with Gasteiger partial charge in [0.15, 0.2) is 11.1 Å². The van der Waals surface area contributed by atoms with Crippen molar-refractivity contribution in [1.82, 2.24) is 10.5 Å². The van der Waals surface area contributed by atoms with E-state index in [1.54, 1.807) is 17.2 Å². The summed E-state index contributed by atoms with van der Waals surface area (Å²) in [6.07, 6.45) is 0.268. The van der Waals surface area contributed by atoms with E-state index >= 15 is 0 Å². The molecule has 0 spiro atoms. The van der Waals surface area contributed by atoms with Crippen molar-refractivity contribution in [3.63, 3.8) is 0 Å². The van der Waals surface area contributed by atoms with E-state index in [0.29, 0.717) is 16.6 Å². The van der Waals surface area contributed by atoms with Crippen LogP contribution in [-0.4, -0.2) is 27.8 Å². The molecule has 9 heteroatoms. The molecule has 94 valence electrons. The Balaban J connectivity index is 2.25. The van der Waals surface area contributed by atoms with Crippen LogP contribution in [-0.2, 0) is 10.5 Å². The number of nitrogens with one attached hydrogen (secondary N) is 3. The first-order valence-electron chi connectivity index (χ1n) is 4.68. The van der Waals surface area contributed by atoms with E-state index in [-0.39, 0.29) is 12.4 Å². The number of hydroxylamine groups is 1. The lowest BCUT2D eigenvalue weighted by molar-refractivity contribution is -0.128. The second-order valence-corrected chi connectivity index (χ2v) is 4.98. The van der Waals surface area contributed by atoms with Gasteiger partial charge in [-0.1, -0.05) is 0 Å². The number of amides is 1. The van der Waals surface area contributed by atoms with Gasteiger partial charge in [-0.15, -0.1) is 11.3 Å². The number of rotatable bonds is 6. The summed E-state index contributed by atoms with van der Waals surface area (Å²) in [5.41, 5.74) is 7.61. The lowest BCUT2D eigenvalue weighted by atomic mass is 10.5. The number of thiazole rings is 1. The Kier molecular flexibility index (Phi) is 5.73. The molecule has 0 aliphatic carbocycles. The number of nitrogens with zero attached hydrogens (tertiary/aromatic N) is 1. The Morgan fingerprint density at radius 2 is 2.47 bits per heavy atom. The maximum Gasteiger partial charge on any atom is 0.244 e. The van der Waals surface area contributed by atoms with Gasteiger partial charge in [0, 0.05) is 23.3 Å². The molecule has 0 unspecified atom stereocenters. The van der Waals surface area contributed by atoms with E-state index in [1.165, 1.54) is 11.3 Å². The molecule has 0 bridgehead atoms. The highest BCUT2D eigenvalue weighted by Gasteiger charge is 2.03. The van der Waals surface area contributed by atoms with Crippen molar-refractivity contribution in [2.45, 2.75) is 12.2 Å². The Hall–Kier alpha value is -1.32. The molecule has 0 saturated heterocycles. The van der Waals surface area contributed by atoms with Crippen molar-refractivity contribution >= 4 is 40.1 Å². The normalized spacial score (nSPS) is 9.94. The van der Waals surface area contributed by atoms with E-state index in [0.717, 1.165) is 5.69 Å². The van der Waals surface area contributed by atoms with Gasteiger partial charge in [0.1, 0.15) is 0 Å². The summed E-state index contributed by atoms with van der Waals surface area (Å²) in [5, 5.41) is 20.4. The number of aromatic nitrogens is 1. The zero-order chi connectivity index (χ0) is 12.7. The van der Waals surface area contributed by atoms with Gasteiger partial charge in [0.2, 0.25) is 5.91 Å². The van der Waals surface area contributed by atoms with Gasteiger partial charge in [-0.2, -0.15) is 11.8 Å². The first-order valence-corrected chi connectivity index (χ1v) is 6.71. The maximum absolute atomic E-state index is 10.7. The smallest absolute Gasteiger partial charge is 0.244 e. The predicted molar refractivity (Wildman–Crippen MR) is 68.4 cm³/mol. The quantitative estimate of drug-likeness (QED) is 0.170. The molecule has 7 nitrogen and oxygen atoms in total. The molecule has 1 amide bonds. The van der Waals surface area contributed by atoms with Crippen molar-refractivity contribution in [1.29, 1.82) is 5.41 Å². The highest BCUT2D eigenvalue weighted by molar-refractivity contribution is 7.98. The van der Waals surface area contributed by atoms with Gasteiger partial charge in [0.05, 0.1) is 5.69 Å². The highest BCUT2D eigenvalue weighted by atomic mass is 32.2. The third-order valence-electron chi connectivity index (χ3n) is 1.64. The van der Waals surface area contributed by atoms with Gasteiger partial charge in [0.25, 0.3) is 0 Å². The standard InChI is InChI=1S/C8H13N5O2S2/c9-7(10)12-8-11-5(4-17-8)3-16-2-1-6(14)13-15/h4,15H,1-3H2,(H,13,14)(H4,9,10,11,12). The van der Waals surface area contributed by atoms with Gasteiger partial charge >= 0.3 is 0 Å². The first-order chi connectivity index (χ1) is 8.11. The molecule has 1 aromatic heterocycles. The maximum atomic E-state index is 10.7. The number of carbonyl (C=O) groups is 1. The molecule has 0 aliphatic rings. The average Bonchev–Trinajstić information content (AvgIpc) is 2.70. The van der Waals surface area contributed by atoms with Crippen LogP contribution in [0.1, 0.15) is 12.1 Å². The molecule has 6 N–H and O–H groups in total. The molecule has 0 aliphatic heterocycles. The second-order valence-electron chi connectivity index (χ2n) is 3.02. The summed E-state index contributed by atoms with van der Waals surface area (Å²) in [6, 6.07) is 0. The van der Waals surface area contributed by atoms with E-state index in [4.69, 9.17) is 16.4 Å².